The average molecular weight is 251 g/mol. The average Bonchev–Trinajstić information content (AvgIpc) is 2.66. The number of carbonyl (C=O) groups is 1. The molecule has 1 fully saturated rings. The van der Waals surface area contributed by atoms with Crippen LogP contribution in [0.1, 0.15) is 30.1 Å². The number of carbonyl (C=O) groups excluding carboxylic acids is 1. The Morgan fingerprint density at radius 3 is 2.83 bits per heavy atom. The zero-order chi connectivity index (χ0) is 13.2. The van der Waals surface area contributed by atoms with Crippen LogP contribution >= 0.6 is 0 Å². The van der Waals surface area contributed by atoms with E-state index in [0.29, 0.717) is 13.1 Å². The summed E-state index contributed by atoms with van der Waals surface area (Å²) in [6.45, 7) is 3.74. The van der Waals surface area contributed by atoms with Gasteiger partial charge in [0.25, 0.3) is 0 Å². The van der Waals surface area contributed by atoms with E-state index >= 15 is 0 Å². The fraction of sp³-hybridized carbons (Fsp3) is 0.500. The van der Waals surface area contributed by atoms with Gasteiger partial charge >= 0.3 is 0 Å². The fourth-order valence-electron chi connectivity index (χ4n) is 2.31. The van der Waals surface area contributed by atoms with Crippen molar-refractivity contribution in [3.8, 4) is 0 Å². The molecule has 0 aromatic heterocycles. The van der Waals surface area contributed by atoms with Crippen molar-refractivity contribution in [2.45, 2.75) is 25.4 Å². The second-order valence-corrected chi connectivity index (χ2v) is 5.18. The summed E-state index contributed by atoms with van der Waals surface area (Å²) in [6, 6.07) is 6.05. The Morgan fingerprint density at radius 1 is 1.50 bits per heavy atom. The first-order chi connectivity index (χ1) is 8.48. The molecule has 4 heteroatoms. The van der Waals surface area contributed by atoms with Crippen LogP contribution in [0.3, 0.4) is 0 Å². The molecule has 0 aliphatic carbocycles. The first-order valence-corrected chi connectivity index (χ1v) is 6.20. The Bertz CT molecular complexity index is 445. The van der Waals surface area contributed by atoms with Crippen LogP contribution in [0.15, 0.2) is 24.3 Å². The minimum absolute atomic E-state index is 0.156. The van der Waals surface area contributed by atoms with E-state index in [1.54, 1.807) is 19.1 Å². The highest BCUT2D eigenvalue weighted by Crippen LogP contribution is 2.20. The largest absolute Gasteiger partial charge is 0.389 e. The number of likely N-dealkylation sites (tertiary alicyclic amines) is 1. The van der Waals surface area contributed by atoms with E-state index in [1.807, 2.05) is 4.90 Å². The molecule has 0 radical (unpaired) electrons. The van der Waals surface area contributed by atoms with Gasteiger partial charge < -0.3 is 5.11 Å². The SMILES string of the molecule is CC1(O)CCN(CCC(=O)c2ccccc2F)C1. The molecular weight excluding hydrogens is 233 g/mol. The van der Waals surface area contributed by atoms with E-state index in [0.717, 1.165) is 13.0 Å². The lowest BCUT2D eigenvalue weighted by atomic mass is 10.1. The maximum atomic E-state index is 13.4. The van der Waals surface area contributed by atoms with Crippen molar-refractivity contribution in [2.24, 2.45) is 0 Å². The van der Waals surface area contributed by atoms with Crippen molar-refractivity contribution in [1.29, 1.82) is 0 Å². The van der Waals surface area contributed by atoms with E-state index in [9.17, 15) is 14.3 Å². The van der Waals surface area contributed by atoms with Crippen LogP contribution in [0.2, 0.25) is 0 Å². The predicted octanol–water partition coefficient (Wildman–Crippen LogP) is 1.86. The van der Waals surface area contributed by atoms with Gasteiger partial charge in [0.2, 0.25) is 0 Å². The molecule has 1 aromatic rings. The summed E-state index contributed by atoms with van der Waals surface area (Å²) >= 11 is 0. The second kappa shape index (κ2) is 5.16. The van der Waals surface area contributed by atoms with E-state index < -0.39 is 11.4 Å². The topological polar surface area (TPSA) is 40.5 Å². The van der Waals surface area contributed by atoms with Crippen LogP contribution in [0, 0.1) is 5.82 Å². The smallest absolute Gasteiger partial charge is 0.167 e. The molecule has 3 nitrogen and oxygen atoms in total. The molecule has 0 spiro atoms. The standard InChI is InChI=1S/C14H18FNO2/c1-14(18)7-9-16(10-14)8-6-13(17)11-4-2-3-5-12(11)15/h2-5,18H,6-10H2,1H3. The Labute approximate surface area is 106 Å². The Morgan fingerprint density at radius 2 is 2.22 bits per heavy atom. The minimum atomic E-state index is -0.652. The highest BCUT2D eigenvalue weighted by molar-refractivity contribution is 5.96. The molecule has 1 saturated heterocycles. The molecule has 1 aliphatic rings. The summed E-state index contributed by atoms with van der Waals surface area (Å²) in [5.41, 5.74) is -0.496. The van der Waals surface area contributed by atoms with Crippen LogP contribution < -0.4 is 0 Å². The lowest BCUT2D eigenvalue weighted by Crippen LogP contribution is -2.31. The molecule has 0 saturated carbocycles. The minimum Gasteiger partial charge on any atom is -0.389 e. The Balaban J connectivity index is 1.88. The lowest BCUT2D eigenvalue weighted by Gasteiger charge is -2.18. The number of aliphatic hydroxyl groups is 1. The quantitative estimate of drug-likeness (QED) is 0.830. The maximum Gasteiger partial charge on any atom is 0.167 e. The third kappa shape index (κ3) is 3.15. The van der Waals surface area contributed by atoms with Gasteiger partial charge in [-0.2, -0.15) is 0 Å². The Hall–Kier alpha value is -1.26. The molecule has 1 aliphatic heterocycles. The molecule has 2 rings (SSSR count). The van der Waals surface area contributed by atoms with E-state index in [1.165, 1.54) is 12.1 Å². The van der Waals surface area contributed by atoms with Gasteiger partial charge in [-0.3, -0.25) is 9.69 Å². The van der Waals surface area contributed by atoms with Gasteiger partial charge in [0.05, 0.1) is 11.2 Å². The van der Waals surface area contributed by atoms with Gasteiger partial charge in [0, 0.05) is 26.1 Å². The van der Waals surface area contributed by atoms with Crippen molar-refractivity contribution in [3.63, 3.8) is 0 Å². The van der Waals surface area contributed by atoms with Gasteiger partial charge in [0.15, 0.2) is 5.78 Å². The van der Waals surface area contributed by atoms with E-state index in [4.69, 9.17) is 0 Å². The van der Waals surface area contributed by atoms with Gasteiger partial charge in [-0.05, 0) is 25.5 Å². The van der Waals surface area contributed by atoms with Crippen LogP contribution in [-0.2, 0) is 0 Å². The monoisotopic (exact) mass is 251 g/mol. The number of nitrogens with zero attached hydrogens (tertiary/aromatic N) is 1. The summed E-state index contributed by atoms with van der Waals surface area (Å²) in [7, 11) is 0. The maximum absolute atomic E-state index is 13.4. The third-order valence-electron chi connectivity index (χ3n) is 3.36. The van der Waals surface area contributed by atoms with Gasteiger partial charge in [-0.15, -0.1) is 0 Å². The van der Waals surface area contributed by atoms with Crippen LogP contribution in [0.5, 0.6) is 0 Å². The number of hydrogen-bond donors (Lipinski definition) is 1. The third-order valence-corrected chi connectivity index (χ3v) is 3.36. The zero-order valence-corrected chi connectivity index (χ0v) is 10.5. The van der Waals surface area contributed by atoms with Crippen LogP contribution in [0.4, 0.5) is 4.39 Å². The van der Waals surface area contributed by atoms with Gasteiger partial charge in [-0.25, -0.2) is 4.39 Å². The summed E-state index contributed by atoms with van der Waals surface area (Å²) < 4.78 is 13.4. The lowest BCUT2D eigenvalue weighted by molar-refractivity contribution is 0.0676. The highest BCUT2D eigenvalue weighted by Gasteiger charge is 2.31. The van der Waals surface area contributed by atoms with E-state index in [-0.39, 0.29) is 17.8 Å². The Kier molecular flexibility index (Phi) is 3.78. The number of β-amino-alcohol motifs (C(OH)–C–C–N with tert-alkyl or cyclic N) is 1. The summed E-state index contributed by atoms with van der Waals surface area (Å²) in [6.07, 6.45) is 1.01. The van der Waals surface area contributed by atoms with Crippen LogP contribution in [-0.4, -0.2) is 41.0 Å². The molecule has 1 atom stereocenters. The molecule has 0 amide bonds. The molecule has 98 valence electrons. The predicted molar refractivity (Wildman–Crippen MR) is 67.0 cm³/mol. The molecule has 1 N–H and O–H groups in total. The van der Waals surface area contributed by atoms with Crippen molar-refractivity contribution in [2.75, 3.05) is 19.6 Å². The fourth-order valence-corrected chi connectivity index (χ4v) is 2.31. The molecule has 1 heterocycles. The highest BCUT2D eigenvalue weighted by atomic mass is 19.1. The number of rotatable bonds is 4. The number of ketones is 1. The van der Waals surface area contributed by atoms with Crippen molar-refractivity contribution < 1.29 is 14.3 Å². The summed E-state index contributed by atoms with van der Waals surface area (Å²) in [4.78, 5) is 13.9. The van der Waals surface area contributed by atoms with E-state index in [2.05, 4.69) is 0 Å². The number of Topliss-reactive ketones (excluding diaryl/α,β-unsaturated/α-hetero) is 1. The first-order valence-electron chi connectivity index (χ1n) is 6.20. The van der Waals surface area contributed by atoms with Crippen molar-refractivity contribution in [1.82, 2.24) is 4.90 Å². The van der Waals surface area contributed by atoms with Gasteiger partial charge in [0.1, 0.15) is 5.82 Å². The molecule has 18 heavy (non-hydrogen) atoms. The number of benzene rings is 1. The summed E-state index contributed by atoms with van der Waals surface area (Å²) in [5, 5.41) is 9.80. The molecular formula is C14H18FNO2. The first kappa shape index (κ1) is 13.2. The van der Waals surface area contributed by atoms with Crippen LogP contribution in [0.25, 0.3) is 0 Å². The molecule has 1 unspecified atom stereocenters. The number of halogens is 1. The normalized spacial score (nSPS) is 24.4. The van der Waals surface area contributed by atoms with Gasteiger partial charge in [-0.1, -0.05) is 12.1 Å². The number of hydrogen-bond acceptors (Lipinski definition) is 3. The molecule has 1 aromatic carbocycles. The zero-order valence-electron chi connectivity index (χ0n) is 10.5. The summed E-state index contributed by atoms with van der Waals surface area (Å²) in [5.74, 6) is -0.643. The molecule has 0 bridgehead atoms. The van der Waals surface area contributed by atoms with Crippen molar-refractivity contribution in [3.05, 3.63) is 35.6 Å². The second-order valence-electron chi connectivity index (χ2n) is 5.18. The van der Waals surface area contributed by atoms with Crippen molar-refractivity contribution >= 4 is 5.78 Å².